The first kappa shape index (κ1) is 11.9. The van der Waals surface area contributed by atoms with Gasteiger partial charge in [0.2, 0.25) is 10.0 Å². The van der Waals surface area contributed by atoms with Crippen LogP contribution in [-0.2, 0) is 10.0 Å². The van der Waals surface area contributed by atoms with Gasteiger partial charge < -0.3 is 5.11 Å². The average molecular weight is 221 g/mol. The van der Waals surface area contributed by atoms with Gasteiger partial charge in [0.15, 0.2) is 0 Å². The fourth-order valence-corrected chi connectivity index (χ4v) is 3.40. The summed E-state index contributed by atoms with van der Waals surface area (Å²) >= 11 is 0. The van der Waals surface area contributed by atoms with Crippen molar-refractivity contribution in [1.29, 1.82) is 0 Å². The van der Waals surface area contributed by atoms with Gasteiger partial charge in [-0.2, -0.15) is 4.31 Å². The Morgan fingerprint density at radius 3 is 2.21 bits per heavy atom. The van der Waals surface area contributed by atoms with Crippen LogP contribution in [0.4, 0.5) is 0 Å². The van der Waals surface area contributed by atoms with E-state index < -0.39 is 15.6 Å². The summed E-state index contributed by atoms with van der Waals surface area (Å²) in [5, 5.41) is 9.39. The first-order chi connectivity index (χ1) is 6.27. The van der Waals surface area contributed by atoms with E-state index in [2.05, 4.69) is 0 Å². The lowest BCUT2D eigenvalue weighted by Crippen LogP contribution is -2.43. The third-order valence-corrected chi connectivity index (χ3v) is 4.64. The van der Waals surface area contributed by atoms with Crippen molar-refractivity contribution in [2.45, 2.75) is 44.5 Å². The topological polar surface area (TPSA) is 57.6 Å². The molecule has 84 valence electrons. The Bertz CT molecular complexity index is 288. The van der Waals surface area contributed by atoms with E-state index in [4.69, 9.17) is 0 Å². The fourth-order valence-electron chi connectivity index (χ4n) is 1.39. The predicted octanol–water partition coefficient (Wildman–Crippen LogP) is 0.571. The van der Waals surface area contributed by atoms with Gasteiger partial charge in [-0.1, -0.05) is 6.92 Å². The molecule has 0 unspecified atom stereocenters. The molecular formula is C9H19NO3S. The Hall–Kier alpha value is -0.130. The Kier molecular flexibility index (Phi) is 3.23. The van der Waals surface area contributed by atoms with Crippen LogP contribution in [0.25, 0.3) is 0 Å². The van der Waals surface area contributed by atoms with Crippen molar-refractivity contribution in [2.75, 3.05) is 13.1 Å². The van der Waals surface area contributed by atoms with Gasteiger partial charge in [-0.05, 0) is 26.7 Å². The first-order valence-corrected chi connectivity index (χ1v) is 6.49. The molecule has 0 spiro atoms. The van der Waals surface area contributed by atoms with Crippen LogP contribution < -0.4 is 0 Å². The molecule has 5 heteroatoms. The Morgan fingerprint density at radius 1 is 1.43 bits per heavy atom. The molecule has 0 aliphatic heterocycles. The minimum absolute atomic E-state index is 0.183. The molecule has 4 nitrogen and oxygen atoms in total. The third-order valence-electron chi connectivity index (χ3n) is 2.22. The molecule has 1 fully saturated rings. The van der Waals surface area contributed by atoms with Gasteiger partial charge >= 0.3 is 0 Å². The van der Waals surface area contributed by atoms with E-state index in [-0.39, 0.29) is 11.8 Å². The van der Waals surface area contributed by atoms with E-state index in [0.717, 1.165) is 12.8 Å². The Balaban J connectivity index is 2.71. The summed E-state index contributed by atoms with van der Waals surface area (Å²) in [6.45, 7) is 5.66. The average Bonchev–Trinajstić information content (AvgIpc) is 2.79. The summed E-state index contributed by atoms with van der Waals surface area (Å²) in [5.74, 6) is 0. The molecular weight excluding hydrogens is 202 g/mol. The summed E-state index contributed by atoms with van der Waals surface area (Å²) < 4.78 is 25.0. The molecule has 1 aliphatic carbocycles. The Labute approximate surface area is 86.0 Å². The molecule has 0 saturated heterocycles. The van der Waals surface area contributed by atoms with Crippen molar-refractivity contribution in [2.24, 2.45) is 0 Å². The van der Waals surface area contributed by atoms with E-state index in [1.807, 2.05) is 0 Å². The molecule has 0 aromatic heterocycles. The van der Waals surface area contributed by atoms with Crippen LogP contribution in [0.1, 0.15) is 33.6 Å². The molecule has 1 saturated carbocycles. The number of nitrogens with zero attached hydrogens (tertiary/aromatic N) is 1. The maximum atomic E-state index is 11.8. The van der Waals surface area contributed by atoms with E-state index in [1.165, 1.54) is 4.31 Å². The number of likely N-dealkylation sites (N-methyl/N-ethyl adjacent to an activating group) is 1. The van der Waals surface area contributed by atoms with Gasteiger partial charge in [0.05, 0.1) is 10.9 Å². The number of rotatable bonds is 5. The minimum atomic E-state index is -3.14. The standard InChI is InChI=1S/C9H19NO3S/c1-4-10(7-9(2,3)11)14(12,13)8-5-6-8/h8,11H,4-7H2,1-3H3. The van der Waals surface area contributed by atoms with Gasteiger partial charge in [-0.3, -0.25) is 0 Å². The second-order valence-electron chi connectivity index (χ2n) is 4.48. The lowest BCUT2D eigenvalue weighted by molar-refractivity contribution is 0.0601. The quantitative estimate of drug-likeness (QED) is 0.738. The summed E-state index contributed by atoms with van der Waals surface area (Å²) in [7, 11) is -3.14. The molecule has 0 atom stereocenters. The van der Waals surface area contributed by atoms with Gasteiger partial charge in [-0.15, -0.1) is 0 Å². The largest absolute Gasteiger partial charge is 0.389 e. The van der Waals surface area contributed by atoms with Crippen molar-refractivity contribution in [3.8, 4) is 0 Å². The summed E-state index contributed by atoms with van der Waals surface area (Å²) in [6, 6.07) is 0. The number of aliphatic hydroxyl groups is 1. The summed E-state index contributed by atoms with van der Waals surface area (Å²) in [6.07, 6.45) is 1.54. The van der Waals surface area contributed by atoms with Gasteiger partial charge in [0.25, 0.3) is 0 Å². The molecule has 1 rings (SSSR count). The minimum Gasteiger partial charge on any atom is -0.389 e. The van der Waals surface area contributed by atoms with E-state index in [9.17, 15) is 13.5 Å². The summed E-state index contributed by atoms with van der Waals surface area (Å²) in [5.41, 5.74) is -0.960. The zero-order valence-electron chi connectivity index (χ0n) is 9.02. The molecule has 1 aliphatic rings. The highest BCUT2D eigenvalue weighted by Crippen LogP contribution is 2.31. The lowest BCUT2D eigenvalue weighted by atomic mass is 10.1. The van der Waals surface area contributed by atoms with Crippen molar-refractivity contribution < 1.29 is 13.5 Å². The molecule has 0 aromatic carbocycles. The van der Waals surface area contributed by atoms with Crippen LogP contribution in [-0.4, -0.2) is 41.8 Å². The number of hydrogen-bond donors (Lipinski definition) is 1. The van der Waals surface area contributed by atoms with Crippen molar-refractivity contribution in [1.82, 2.24) is 4.31 Å². The molecule has 0 radical (unpaired) electrons. The molecule has 1 N–H and O–H groups in total. The SMILES string of the molecule is CCN(CC(C)(C)O)S(=O)(=O)C1CC1. The Morgan fingerprint density at radius 2 is 1.93 bits per heavy atom. The van der Waals surface area contributed by atoms with Crippen LogP contribution in [0.2, 0.25) is 0 Å². The van der Waals surface area contributed by atoms with Gasteiger partial charge in [-0.25, -0.2) is 8.42 Å². The zero-order valence-corrected chi connectivity index (χ0v) is 9.84. The van der Waals surface area contributed by atoms with E-state index >= 15 is 0 Å². The van der Waals surface area contributed by atoms with Crippen molar-refractivity contribution >= 4 is 10.0 Å². The number of hydrogen-bond acceptors (Lipinski definition) is 3. The van der Waals surface area contributed by atoms with E-state index in [0.29, 0.717) is 6.54 Å². The normalized spacial score (nSPS) is 18.9. The maximum Gasteiger partial charge on any atom is 0.217 e. The van der Waals surface area contributed by atoms with Crippen molar-refractivity contribution in [3.05, 3.63) is 0 Å². The van der Waals surface area contributed by atoms with Gasteiger partial charge in [0, 0.05) is 13.1 Å². The summed E-state index contributed by atoms with van der Waals surface area (Å²) in [4.78, 5) is 0. The second-order valence-corrected chi connectivity index (χ2v) is 6.70. The van der Waals surface area contributed by atoms with Crippen LogP contribution in [0.5, 0.6) is 0 Å². The molecule has 0 amide bonds. The third kappa shape index (κ3) is 2.93. The lowest BCUT2D eigenvalue weighted by Gasteiger charge is -2.27. The highest BCUT2D eigenvalue weighted by Gasteiger charge is 2.40. The highest BCUT2D eigenvalue weighted by molar-refractivity contribution is 7.90. The molecule has 0 bridgehead atoms. The first-order valence-electron chi connectivity index (χ1n) is 4.98. The zero-order chi connectivity index (χ0) is 11.0. The fraction of sp³-hybridized carbons (Fsp3) is 1.00. The predicted molar refractivity (Wildman–Crippen MR) is 55.5 cm³/mol. The maximum absolute atomic E-state index is 11.8. The molecule has 0 heterocycles. The highest BCUT2D eigenvalue weighted by atomic mass is 32.2. The van der Waals surface area contributed by atoms with Crippen LogP contribution in [0, 0.1) is 0 Å². The molecule has 0 aromatic rings. The number of sulfonamides is 1. The van der Waals surface area contributed by atoms with Gasteiger partial charge in [0.1, 0.15) is 0 Å². The van der Waals surface area contributed by atoms with Crippen LogP contribution >= 0.6 is 0 Å². The van der Waals surface area contributed by atoms with E-state index in [1.54, 1.807) is 20.8 Å². The second kappa shape index (κ2) is 3.79. The van der Waals surface area contributed by atoms with Crippen molar-refractivity contribution in [3.63, 3.8) is 0 Å². The smallest absolute Gasteiger partial charge is 0.217 e. The monoisotopic (exact) mass is 221 g/mol. The van der Waals surface area contributed by atoms with Crippen LogP contribution in [0.15, 0.2) is 0 Å². The van der Waals surface area contributed by atoms with Crippen LogP contribution in [0.3, 0.4) is 0 Å². The molecule has 14 heavy (non-hydrogen) atoms.